The predicted molar refractivity (Wildman–Crippen MR) is 54.2 cm³/mol. The summed E-state index contributed by atoms with van der Waals surface area (Å²) in [6.45, 7) is 2.44. The molecule has 2 nitrogen and oxygen atoms in total. The molecule has 0 bridgehead atoms. The Morgan fingerprint density at radius 2 is 2.54 bits per heavy atom. The minimum absolute atomic E-state index is 0.277. The monoisotopic (exact) mass is 190 g/mol. The summed E-state index contributed by atoms with van der Waals surface area (Å²) >= 11 is 1.64. The fourth-order valence-corrected chi connectivity index (χ4v) is 1.74. The second kappa shape index (κ2) is 4.67. The first-order valence-corrected chi connectivity index (χ1v) is 4.77. The van der Waals surface area contributed by atoms with E-state index in [-0.39, 0.29) is 6.04 Å². The van der Waals surface area contributed by atoms with E-state index in [4.69, 9.17) is 11.7 Å². The minimum atomic E-state index is -0.277. The summed E-state index contributed by atoms with van der Waals surface area (Å²) in [7, 11) is 0. The fourth-order valence-electron chi connectivity index (χ4n) is 1.01. The third-order valence-electron chi connectivity index (χ3n) is 1.62. The molecule has 0 fully saturated rings. The van der Waals surface area contributed by atoms with Gasteiger partial charge < -0.3 is 0 Å². The summed E-state index contributed by atoms with van der Waals surface area (Å²) < 4.78 is 0. The molecule has 13 heavy (non-hydrogen) atoms. The third-order valence-corrected chi connectivity index (χ3v) is 2.50. The van der Waals surface area contributed by atoms with Crippen molar-refractivity contribution in [1.82, 2.24) is 5.32 Å². The van der Waals surface area contributed by atoms with Crippen molar-refractivity contribution in [3.8, 4) is 18.4 Å². The van der Waals surface area contributed by atoms with Gasteiger partial charge in [-0.3, -0.25) is 5.32 Å². The highest BCUT2D eigenvalue weighted by molar-refractivity contribution is 7.10. The van der Waals surface area contributed by atoms with Gasteiger partial charge in [-0.05, 0) is 23.9 Å². The predicted octanol–water partition coefficient (Wildman–Crippen LogP) is 1.84. The lowest BCUT2D eigenvalue weighted by molar-refractivity contribution is 0.693. The van der Waals surface area contributed by atoms with Crippen molar-refractivity contribution in [2.45, 2.75) is 13.0 Å². The molecule has 0 radical (unpaired) electrons. The summed E-state index contributed by atoms with van der Waals surface area (Å²) in [6, 6.07) is 3.89. The van der Waals surface area contributed by atoms with E-state index < -0.39 is 0 Å². The average molecular weight is 190 g/mol. The number of thiophene rings is 1. The smallest absolute Gasteiger partial charge is 0.122 e. The van der Waals surface area contributed by atoms with Crippen LogP contribution < -0.4 is 5.32 Å². The topological polar surface area (TPSA) is 35.8 Å². The first-order chi connectivity index (χ1) is 6.27. The Morgan fingerprint density at radius 1 is 1.77 bits per heavy atom. The summed E-state index contributed by atoms with van der Waals surface area (Å²) in [6.07, 6.45) is 5.10. The van der Waals surface area contributed by atoms with Crippen molar-refractivity contribution in [3.05, 3.63) is 21.9 Å². The van der Waals surface area contributed by atoms with Crippen LogP contribution in [0.3, 0.4) is 0 Å². The van der Waals surface area contributed by atoms with Crippen molar-refractivity contribution >= 4 is 11.3 Å². The summed E-state index contributed by atoms with van der Waals surface area (Å²) in [5, 5.41) is 13.8. The van der Waals surface area contributed by atoms with E-state index in [1.54, 1.807) is 11.3 Å². The number of hydrogen-bond acceptors (Lipinski definition) is 3. The van der Waals surface area contributed by atoms with E-state index in [1.165, 1.54) is 4.88 Å². The highest BCUT2D eigenvalue weighted by Crippen LogP contribution is 2.19. The SMILES string of the molecule is C#CCNC(C#N)c1csc(C)c1. The van der Waals surface area contributed by atoms with Crippen molar-refractivity contribution in [2.75, 3.05) is 6.54 Å². The van der Waals surface area contributed by atoms with Gasteiger partial charge in [0, 0.05) is 4.88 Å². The van der Waals surface area contributed by atoms with Crippen molar-refractivity contribution in [3.63, 3.8) is 0 Å². The standard InChI is InChI=1S/C10H10N2S/c1-3-4-12-10(6-11)9-5-8(2)13-7-9/h1,5,7,10,12H,4H2,2H3. The Balaban J connectivity index is 2.69. The van der Waals surface area contributed by atoms with Crippen LogP contribution in [-0.2, 0) is 0 Å². The van der Waals surface area contributed by atoms with Gasteiger partial charge in [-0.15, -0.1) is 17.8 Å². The van der Waals surface area contributed by atoms with Crippen LogP contribution in [0, 0.1) is 30.6 Å². The zero-order chi connectivity index (χ0) is 9.68. The lowest BCUT2D eigenvalue weighted by Gasteiger charge is -2.05. The number of rotatable bonds is 3. The molecule has 0 aliphatic heterocycles. The largest absolute Gasteiger partial charge is 0.287 e. The van der Waals surface area contributed by atoms with Crippen LogP contribution in [-0.4, -0.2) is 6.54 Å². The van der Waals surface area contributed by atoms with Crippen LogP contribution >= 0.6 is 11.3 Å². The Bertz CT molecular complexity index is 354. The number of nitrogens with one attached hydrogen (secondary N) is 1. The Labute approximate surface area is 82.2 Å². The van der Waals surface area contributed by atoms with Crippen molar-refractivity contribution in [1.29, 1.82) is 5.26 Å². The number of hydrogen-bond donors (Lipinski definition) is 1. The maximum absolute atomic E-state index is 8.84. The molecule has 0 aliphatic carbocycles. The van der Waals surface area contributed by atoms with Crippen LogP contribution in [0.1, 0.15) is 16.5 Å². The first-order valence-electron chi connectivity index (χ1n) is 3.89. The quantitative estimate of drug-likeness (QED) is 0.738. The zero-order valence-corrected chi connectivity index (χ0v) is 8.19. The van der Waals surface area contributed by atoms with Crippen LogP contribution in [0.5, 0.6) is 0 Å². The Hall–Kier alpha value is -1.29. The fraction of sp³-hybridized carbons (Fsp3) is 0.300. The molecule has 1 aromatic rings. The van der Waals surface area contributed by atoms with E-state index in [1.807, 2.05) is 18.4 Å². The van der Waals surface area contributed by atoms with Crippen LogP contribution in [0.15, 0.2) is 11.4 Å². The molecule has 1 heterocycles. The van der Waals surface area contributed by atoms with E-state index >= 15 is 0 Å². The molecule has 0 aromatic carbocycles. The molecule has 66 valence electrons. The van der Waals surface area contributed by atoms with E-state index in [0.717, 1.165) is 5.56 Å². The molecule has 0 spiro atoms. The van der Waals surface area contributed by atoms with Gasteiger partial charge in [-0.2, -0.15) is 5.26 Å². The van der Waals surface area contributed by atoms with Gasteiger partial charge in [0.15, 0.2) is 0 Å². The molecule has 1 rings (SSSR count). The van der Waals surface area contributed by atoms with Crippen molar-refractivity contribution in [2.24, 2.45) is 0 Å². The summed E-state index contributed by atoms with van der Waals surface area (Å²) in [5.41, 5.74) is 1.00. The van der Waals surface area contributed by atoms with Gasteiger partial charge in [-0.25, -0.2) is 0 Å². The van der Waals surface area contributed by atoms with Crippen LogP contribution in [0.25, 0.3) is 0 Å². The maximum Gasteiger partial charge on any atom is 0.122 e. The van der Waals surface area contributed by atoms with E-state index in [2.05, 4.69) is 17.3 Å². The second-order valence-electron chi connectivity index (χ2n) is 2.64. The minimum Gasteiger partial charge on any atom is -0.287 e. The Morgan fingerprint density at radius 3 is 3.00 bits per heavy atom. The van der Waals surface area contributed by atoms with Gasteiger partial charge in [0.05, 0.1) is 12.6 Å². The highest BCUT2D eigenvalue weighted by atomic mass is 32.1. The molecule has 1 aromatic heterocycles. The zero-order valence-electron chi connectivity index (χ0n) is 7.37. The molecule has 3 heteroatoms. The molecule has 0 amide bonds. The Kier molecular flexibility index (Phi) is 3.52. The number of nitrogens with zero attached hydrogens (tertiary/aromatic N) is 1. The van der Waals surface area contributed by atoms with Gasteiger partial charge in [-0.1, -0.05) is 5.92 Å². The number of aryl methyl sites for hydroxylation is 1. The normalized spacial score (nSPS) is 11.6. The first kappa shape index (κ1) is 9.80. The van der Waals surface area contributed by atoms with Gasteiger partial charge >= 0.3 is 0 Å². The van der Waals surface area contributed by atoms with E-state index in [9.17, 15) is 0 Å². The van der Waals surface area contributed by atoms with Crippen molar-refractivity contribution < 1.29 is 0 Å². The molecule has 1 atom stereocenters. The molecular weight excluding hydrogens is 180 g/mol. The second-order valence-corrected chi connectivity index (χ2v) is 3.75. The molecule has 0 aliphatic rings. The highest BCUT2D eigenvalue weighted by Gasteiger charge is 2.09. The van der Waals surface area contributed by atoms with Crippen LogP contribution in [0.2, 0.25) is 0 Å². The summed E-state index contributed by atoms with van der Waals surface area (Å²) in [4.78, 5) is 1.21. The molecule has 1 N–H and O–H groups in total. The average Bonchev–Trinajstić information content (AvgIpc) is 2.54. The summed E-state index contributed by atoms with van der Waals surface area (Å²) in [5.74, 6) is 2.45. The number of terminal acetylenes is 1. The molecule has 1 unspecified atom stereocenters. The lowest BCUT2D eigenvalue weighted by Crippen LogP contribution is -2.19. The van der Waals surface area contributed by atoms with Gasteiger partial charge in [0.1, 0.15) is 6.04 Å². The van der Waals surface area contributed by atoms with Gasteiger partial charge in [0.25, 0.3) is 0 Å². The number of nitriles is 1. The lowest BCUT2D eigenvalue weighted by atomic mass is 10.1. The van der Waals surface area contributed by atoms with Gasteiger partial charge in [0.2, 0.25) is 0 Å². The third kappa shape index (κ3) is 2.59. The molecule has 0 saturated heterocycles. The van der Waals surface area contributed by atoms with E-state index in [0.29, 0.717) is 6.54 Å². The molecule has 0 saturated carbocycles. The van der Waals surface area contributed by atoms with Crippen LogP contribution in [0.4, 0.5) is 0 Å². The maximum atomic E-state index is 8.84. The molecular formula is C10H10N2S.